The Morgan fingerprint density at radius 3 is 2.62 bits per heavy atom. The van der Waals surface area contributed by atoms with Gasteiger partial charge in [0.25, 0.3) is 0 Å². The number of amides is 1. The second-order valence-electron chi connectivity index (χ2n) is 5.42. The molecule has 0 spiro atoms. The number of rotatable bonds is 6. The lowest BCUT2D eigenvalue weighted by Crippen LogP contribution is -2.33. The van der Waals surface area contributed by atoms with E-state index in [9.17, 15) is 4.79 Å². The van der Waals surface area contributed by atoms with Gasteiger partial charge < -0.3 is 9.88 Å². The predicted molar refractivity (Wildman–Crippen MR) is 82.0 cm³/mol. The highest BCUT2D eigenvalue weighted by Gasteiger charge is 2.18. The molecule has 0 aliphatic rings. The van der Waals surface area contributed by atoms with Gasteiger partial charge in [-0.05, 0) is 31.0 Å². The molecule has 1 amide bonds. The van der Waals surface area contributed by atoms with Crippen LogP contribution in [0.4, 0.5) is 0 Å². The third-order valence-electron chi connectivity index (χ3n) is 3.47. The first-order chi connectivity index (χ1) is 10.1. The van der Waals surface area contributed by atoms with Gasteiger partial charge in [-0.3, -0.25) is 9.78 Å². The van der Waals surface area contributed by atoms with Crippen LogP contribution in [0.2, 0.25) is 0 Å². The van der Waals surface area contributed by atoms with Crippen LogP contribution in [-0.4, -0.2) is 27.0 Å². The van der Waals surface area contributed by atoms with Gasteiger partial charge in [0.15, 0.2) is 0 Å². The molecule has 5 heteroatoms. The summed E-state index contributed by atoms with van der Waals surface area (Å²) in [4.78, 5) is 20.5. The number of nitrogens with one attached hydrogen (secondary N) is 1. The molecular formula is C16H22N4O. The summed E-state index contributed by atoms with van der Waals surface area (Å²) < 4.78 is 1.94. The molecule has 0 radical (unpaired) electrons. The molecule has 0 aliphatic heterocycles. The van der Waals surface area contributed by atoms with Gasteiger partial charge in [0.05, 0.1) is 0 Å². The molecule has 0 fully saturated rings. The average Bonchev–Trinajstić information content (AvgIpc) is 2.97. The average molecular weight is 286 g/mol. The first-order valence-electron chi connectivity index (χ1n) is 7.29. The lowest BCUT2D eigenvalue weighted by molar-refractivity contribution is -0.123. The molecule has 2 heterocycles. The van der Waals surface area contributed by atoms with Crippen LogP contribution in [0.15, 0.2) is 36.9 Å². The summed E-state index contributed by atoms with van der Waals surface area (Å²) in [6.07, 6.45) is 7.95. The second kappa shape index (κ2) is 7.02. The summed E-state index contributed by atoms with van der Waals surface area (Å²) in [5.41, 5.74) is 1.17. The zero-order chi connectivity index (χ0) is 15.2. The molecule has 2 aromatic heterocycles. The molecule has 0 aromatic carbocycles. The minimum Gasteiger partial charge on any atom is -0.354 e. The highest BCUT2D eigenvalue weighted by Crippen LogP contribution is 2.17. The lowest BCUT2D eigenvalue weighted by Gasteiger charge is -2.17. The Labute approximate surface area is 125 Å². The van der Waals surface area contributed by atoms with Crippen LogP contribution in [-0.2, 0) is 11.2 Å². The van der Waals surface area contributed by atoms with Crippen molar-refractivity contribution in [1.29, 1.82) is 0 Å². The molecule has 0 aliphatic carbocycles. The smallest absolute Gasteiger partial charge is 0.242 e. The van der Waals surface area contributed by atoms with Crippen LogP contribution in [0, 0.1) is 0 Å². The Morgan fingerprint density at radius 1 is 1.24 bits per heavy atom. The molecule has 1 N–H and O–H groups in total. The van der Waals surface area contributed by atoms with E-state index in [1.807, 2.05) is 29.8 Å². The van der Waals surface area contributed by atoms with Gasteiger partial charge in [-0.15, -0.1) is 0 Å². The topological polar surface area (TPSA) is 59.8 Å². The maximum atomic E-state index is 12.2. The van der Waals surface area contributed by atoms with Crippen molar-refractivity contribution >= 4 is 5.91 Å². The van der Waals surface area contributed by atoms with E-state index < -0.39 is 0 Å². The third kappa shape index (κ3) is 3.90. The molecule has 0 bridgehead atoms. The zero-order valence-corrected chi connectivity index (χ0v) is 12.8. The predicted octanol–water partition coefficient (Wildman–Crippen LogP) is 2.32. The Morgan fingerprint density at radius 2 is 1.95 bits per heavy atom. The van der Waals surface area contributed by atoms with Crippen LogP contribution in [0.25, 0.3) is 0 Å². The standard InChI is InChI=1S/C16H22N4O/c1-12(2)15-18-10-11-20(15)13(3)16(21)19-9-6-14-4-7-17-8-5-14/h4-5,7-8,10-13H,6,9H2,1-3H3,(H,19,21)/t13-/m0/s1. The molecule has 21 heavy (non-hydrogen) atoms. The van der Waals surface area contributed by atoms with Gasteiger partial charge in [0.2, 0.25) is 5.91 Å². The number of hydrogen-bond donors (Lipinski definition) is 1. The molecule has 0 saturated carbocycles. The Hall–Kier alpha value is -2.17. The number of hydrogen-bond acceptors (Lipinski definition) is 3. The Kier molecular flexibility index (Phi) is 5.09. The van der Waals surface area contributed by atoms with E-state index >= 15 is 0 Å². The van der Waals surface area contributed by atoms with E-state index in [4.69, 9.17) is 0 Å². The van der Waals surface area contributed by atoms with Gasteiger partial charge in [-0.25, -0.2) is 4.98 Å². The second-order valence-corrected chi connectivity index (χ2v) is 5.42. The summed E-state index contributed by atoms with van der Waals surface area (Å²) in [6, 6.07) is 3.67. The Bertz CT molecular complexity index is 577. The molecule has 2 aromatic rings. The van der Waals surface area contributed by atoms with Crippen LogP contribution >= 0.6 is 0 Å². The number of carbonyl (C=O) groups excluding carboxylic acids is 1. The fourth-order valence-corrected chi connectivity index (χ4v) is 2.25. The van der Waals surface area contributed by atoms with Crippen LogP contribution in [0.5, 0.6) is 0 Å². The largest absolute Gasteiger partial charge is 0.354 e. The van der Waals surface area contributed by atoms with E-state index in [0.717, 1.165) is 12.2 Å². The van der Waals surface area contributed by atoms with E-state index in [1.165, 1.54) is 5.56 Å². The zero-order valence-electron chi connectivity index (χ0n) is 12.8. The fraction of sp³-hybridized carbons (Fsp3) is 0.438. The molecule has 5 nitrogen and oxygen atoms in total. The molecular weight excluding hydrogens is 264 g/mol. The van der Waals surface area contributed by atoms with Crippen molar-refractivity contribution < 1.29 is 4.79 Å². The van der Waals surface area contributed by atoms with Crippen molar-refractivity contribution in [2.45, 2.75) is 39.2 Å². The van der Waals surface area contributed by atoms with Crippen molar-refractivity contribution in [3.63, 3.8) is 0 Å². The fourth-order valence-electron chi connectivity index (χ4n) is 2.25. The Balaban J connectivity index is 1.89. The highest BCUT2D eigenvalue weighted by atomic mass is 16.2. The van der Waals surface area contributed by atoms with Crippen molar-refractivity contribution in [2.75, 3.05) is 6.54 Å². The number of carbonyl (C=O) groups is 1. The normalized spacial score (nSPS) is 12.4. The molecule has 2 rings (SSSR count). The molecule has 0 saturated heterocycles. The van der Waals surface area contributed by atoms with Gasteiger partial charge >= 0.3 is 0 Å². The maximum absolute atomic E-state index is 12.2. The summed E-state index contributed by atoms with van der Waals surface area (Å²) in [6.45, 7) is 6.67. The van der Waals surface area contributed by atoms with Crippen LogP contribution in [0.1, 0.15) is 44.1 Å². The van der Waals surface area contributed by atoms with Crippen molar-refractivity contribution in [1.82, 2.24) is 19.9 Å². The minimum atomic E-state index is -0.248. The highest BCUT2D eigenvalue weighted by molar-refractivity contribution is 5.79. The van der Waals surface area contributed by atoms with E-state index in [0.29, 0.717) is 12.5 Å². The van der Waals surface area contributed by atoms with E-state index in [2.05, 4.69) is 29.1 Å². The molecule has 1 atom stereocenters. The monoisotopic (exact) mass is 286 g/mol. The molecule has 112 valence electrons. The maximum Gasteiger partial charge on any atom is 0.242 e. The number of imidazole rings is 1. The van der Waals surface area contributed by atoms with Gasteiger partial charge in [0.1, 0.15) is 11.9 Å². The van der Waals surface area contributed by atoms with Crippen LogP contribution < -0.4 is 5.32 Å². The molecule has 0 unspecified atom stereocenters. The minimum absolute atomic E-state index is 0.0176. The summed E-state index contributed by atoms with van der Waals surface area (Å²) in [5, 5.41) is 2.98. The summed E-state index contributed by atoms with van der Waals surface area (Å²) >= 11 is 0. The van der Waals surface area contributed by atoms with Crippen LogP contribution in [0.3, 0.4) is 0 Å². The van der Waals surface area contributed by atoms with Gasteiger partial charge in [-0.1, -0.05) is 13.8 Å². The van der Waals surface area contributed by atoms with Crippen molar-refractivity contribution in [2.24, 2.45) is 0 Å². The number of aromatic nitrogens is 3. The van der Waals surface area contributed by atoms with Gasteiger partial charge in [-0.2, -0.15) is 0 Å². The van der Waals surface area contributed by atoms with Crippen molar-refractivity contribution in [3.05, 3.63) is 48.3 Å². The van der Waals surface area contributed by atoms with Crippen molar-refractivity contribution in [3.8, 4) is 0 Å². The quantitative estimate of drug-likeness (QED) is 0.886. The first kappa shape index (κ1) is 15.2. The lowest BCUT2D eigenvalue weighted by atomic mass is 10.2. The summed E-state index contributed by atoms with van der Waals surface area (Å²) in [5.74, 6) is 1.25. The third-order valence-corrected chi connectivity index (χ3v) is 3.47. The van der Waals surface area contributed by atoms with E-state index in [-0.39, 0.29) is 11.9 Å². The van der Waals surface area contributed by atoms with Gasteiger partial charge in [0, 0.05) is 37.3 Å². The van der Waals surface area contributed by atoms with E-state index in [1.54, 1.807) is 18.6 Å². The first-order valence-corrected chi connectivity index (χ1v) is 7.29. The number of pyridine rings is 1. The SMILES string of the molecule is CC(C)c1nccn1[C@@H](C)C(=O)NCCc1ccncc1. The number of nitrogens with zero attached hydrogens (tertiary/aromatic N) is 3. The summed E-state index contributed by atoms with van der Waals surface area (Å²) in [7, 11) is 0.